The molecule has 0 fully saturated rings. The van der Waals surface area contributed by atoms with Gasteiger partial charge >= 0.3 is 0 Å². The summed E-state index contributed by atoms with van der Waals surface area (Å²) in [6, 6.07) is 13.9. The zero-order valence-electron chi connectivity index (χ0n) is 15.5. The van der Waals surface area contributed by atoms with Gasteiger partial charge in [-0.3, -0.25) is 9.78 Å². The summed E-state index contributed by atoms with van der Waals surface area (Å²) in [4.78, 5) is 17.4. The van der Waals surface area contributed by atoms with E-state index in [1.807, 2.05) is 18.2 Å². The topological polar surface area (TPSA) is 42.0 Å². The van der Waals surface area contributed by atoms with Gasteiger partial charge in [0.05, 0.1) is 10.5 Å². The molecule has 0 spiro atoms. The maximum Gasteiger partial charge on any atom is 0.251 e. The van der Waals surface area contributed by atoms with Crippen molar-refractivity contribution in [1.29, 1.82) is 0 Å². The molecule has 1 aliphatic carbocycles. The van der Waals surface area contributed by atoms with Crippen LogP contribution in [0.15, 0.2) is 42.5 Å². The predicted molar refractivity (Wildman–Crippen MR) is 110 cm³/mol. The van der Waals surface area contributed by atoms with Crippen LogP contribution < -0.4 is 5.32 Å². The Morgan fingerprint density at radius 1 is 1.07 bits per heavy atom. The van der Waals surface area contributed by atoms with Crippen LogP contribution in [0.1, 0.15) is 52.5 Å². The van der Waals surface area contributed by atoms with E-state index in [1.54, 1.807) is 0 Å². The van der Waals surface area contributed by atoms with E-state index < -0.39 is 0 Å². The highest BCUT2D eigenvalue weighted by atomic mass is 35.5. The first-order chi connectivity index (χ1) is 13.2. The summed E-state index contributed by atoms with van der Waals surface area (Å²) in [6.07, 6.45) is 5.30. The Kier molecular flexibility index (Phi) is 5.13. The molecule has 138 valence electrons. The molecule has 1 heterocycles. The third-order valence-electron chi connectivity index (χ3n) is 5.34. The molecular formula is C23H23ClN2O. The maximum absolute atomic E-state index is 12.6. The van der Waals surface area contributed by atoms with Crippen molar-refractivity contribution < 1.29 is 4.79 Å². The van der Waals surface area contributed by atoms with Gasteiger partial charge in [0.2, 0.25) is 0 Å². The molecule has 0 saturated carbocycles. The lowest BCUT2D eigenvalue weighted by molar-refractivity contribution is 0.0951. The second-order valence-corrected chi connectivity index (χ2v) is 7.52. The van der Waals surface area contributed by atoms with Crippen molar-refractivity contribution in [3.8, 4) is 0 Å². The third-order valence-corrected chi connectivity index (χ3v) is 5.77. The van der Waals surface area contributed by atoms with Gasteiger partial charge in [0.25, 0.3) is 5.91 Å². The Balaban J connectivity index is 1.54. The van der Waals surface area contributed by atoms with Crippen LogP contribution >= 0.6 is 11.6 Å². The monoisotopic (exact) mass is 378 g/mol. The first kappa shape index (κ1) is 18.0. The zero-order chi connectivity index (χ0) is 18.8. The number of hydrogen-bond acceptors (Lipinski definition) is 2. The zero-order valence-corrected chi connectivity index (χ0v) is 16.3. The number of amides is 1. The second kappa shape index (κ2) is 7.69. The molecule has 0 bridgehead atoms. The molecule has 27 heavy (non-hydrogen) atoms. The van der Waals surface area contributed by atoms with Crippen LogP contribution in [0.4, 0.5) is 0 Å². The molecule has 2 aromatic carbocycles. The van der Waals surface area contributed by atoms with Crippen LogP contribution in [0, 0.1) is 0 Å². The number of nitrogens with one attached hydrogen (secondary N) is 1. The highest BCUT2D eigenvalue weighted by Crippen LogP contribution is 2.33. The summed E-state index contributed by atoms with van der Waals surface area (Å²) in [5.74, 6) is -0.0906. The first-order valence-electron chi connectivity index (χ1n) is 9.62. The van der Waals surface area contributed by atoms with Gasteiger partial charge < -0.3 is 5.32 Å². The quantitative estimate of drug-likeness (QED) is 0.672. The lowest BCUT2D eigenvalue weighted by Gasteiger charge is -2.18. The highest BCUT2D eigenvalue weighted by molar-refractivity contribution is 6.36. The number of hydrogen-bond donors (Lipinski definition) is 1. The highest BCUT2D eigenvalue weighted by Gasteiger charge is 2.18. The lowest BCUT2D eigenvalue weighted by atomic mass is 9.94. The van der Waals surface area contributed by atoms with Crippen molar-refractivity contribution in [3.05, 3.63) is 75.4 Å². The Bertz CT molecular complexity index is 995. The van der Waals surface area contributed by atoms with Crippen molar-refractivity contribution in [2.24, 2.45) is 0 Å². The Morgan fingerprint density at radius 2 is 1.81 bits per heavy atom. The third kappa shape index (κ3) is 3.70. The van der Waals surface area contributed by atoms with Gasteiger partial charge in [-0.05, 0) is 60.9 Å². The molecule has 1 N–H and O–H groups in total. The summed E-state index contributed by atoms with van der Waals surface area (Å²) >= 11 is 6.62. The number of carbonyl (C=O) groups is 1. The van der Waals surface area contributed by atoms with Crippen molar-refractivity contribution in [1.82, 2.24) is 10.3 Å². The molecule has 0 atom stereocenters. The van der Waals surface area contributed by atoms with Crippen LogP contribution in [0.3, 0.4) is 0 Å². The van der Waals surface area contributed by atoms with Crippen LogP contribution in [-0.4, -0.2) is 10.9 Å². The molecule has 0 saturated heterocycles. The van der Waals surface area contributed by atoms with Gasteiger partial charge in [-0.15, -0.1) is 0 Å². The Morgan fingerprint density at radius 3 is 2.59 bits per heavy atom. The number of halogens is 1. The molecule has 0 radical (unpaired) electrons. The van der Waals surface area contributed by atoms with Gasteiger partial charge in [-0.1, -0.05) is 48.9 Å². The number of pyridine rings is 1. The van der Waals surface area contributed by atoms with E-state index in [4.69, 9.17) is 16.6 Å². The molecule has 4 rings (SSSR count). The van der Waals surface area contributed by atoms with Crippen molar-refractivity contribution in [2.75, 3.05) is 0 Å². The molecule has 3 aromatic rings. The molecule has 1 aromatic heterocycles. The predicted octanol–water partition coefficient (Wildman–Crippen LogP) is 5.26. The SMILES string of the molecule is CCc1ccc(CNC(=O)c2ccc3c(Cl)c4c(nc3c2)CCCC4)cc1. The summed E-state index contributed by atoms with van der Waals surface area (Å²) in [5, 5.41) is 4.73. The number of fused-ring (bicyclic) bond motifs is 2. The molecule has 1 aliphatic rings. The molecule has 3 nitrogen and oxygen atoms in total. The number of rotatable bonds is 4. The van der Waals surface area contributed by atoms with E-state index in [1.165, 1.54) is 17.5 Å². The van der Waals surface area contributed by atoms with Crippen LogP contribution in [-0.2, 0) is 25.8 Å². The molecule has 0 unspecified atom stereocenters. The molecule has 1 amide bonds. The van der Waals surface area contributed by atoms with Crippen molar-refractivity contribution >= 4 is 28.4 Å². The minimum Gasteiger partial charge on any atom is -0.348 e. The fourth-order valence-corrected chi connectivity index (χ4v) is 4.05. The van der Waals surface area contributed by atoms with Crippen LogP contribution in [0.5, 0.6) is 0 Å². The largest absolute Gasteiger partial charge is 0.348 e. The standard InChI is InChI=1S/C23H23ClN2O/c1-2-15-7-9-16(10-8-15)14-25-23(27)17-11-12-19-21(13-17)26-20-6-4-3-5-18(20)22(19)24/h7-13H,2-6,14H2,1H3,(H,25,27). The van der Waals surface area contributed by atoms with Gasteiger partial charge in [-0.2, -0.15) is 0 Å². The number of carbonyl (C=O) groups excluding carboxylic acids is 1. The Labute approximate surface area is 164 Å². The summed E-state index contributed by atoms with van der Waals surface area (Å²) < 4.78 is 0. The van der Waals surface area contributed by atoms with Gasteiger partial charge in [0.15, 0.2) is 0 Å². The van der Waals surface area contributed by atoms with Crippen molar-refractivity contribution in [2.45, 2.75) is 45.6 Å². The minimum absolute atomic E-state index is 0.0906. The molecular weight excluding hydrogens is 356 g/mol. The number of nitrogens with zero attached hydrogens (tertiary/aromatic N) is 1. The summed E-state index contributed by atoms with van der Waals surface area (Å²) in [6.45, 7) is 2.65. The average Bonchev–Trinajstić information content (AvgIpc) is 2.72. The molecule has 0 aliphatic heterocycles. The van der Waals surface area contributed by atoms with Crippen molar-refractivity contribution in [3.63, 3.8) is 0 Å². The Hall–Kier alpha value is -2.39. The van der Waals surface area contributed by atoms with E-state index in [2.05, 4.69) is 36.5 Å². The summed E-state index contributed by atoms with van der Waals surface area (Å²) in [7, 11) is 0. The number of aryl methyl sites for hydroxylation is 2. The van der Waals surface area contributed by atoms with Gasteiger partial charge in [0.1, 0.15) is 0 Å². The van der Waals surface area contributed by atoms with E-state index >= 15 is 0 Å². The molecule has 4 heteroatoms. The fraction of sp³-hybridized carbons (Fsp3) is 0.304. The second-order valence-electron chi connectivity index (χ2n) is 7.14. The number of aromatic nitrogens is 1. The first-order valence-corrected chi connectivity index (χ1v) is 10.0. The summed E-state index contributed by atoms with van der Waals surface area (Å²) in [5.41, 5.74) is 6.09. The van der Waals surface area contributed by atoms with Gasteiger partial charge in [-0.25, -0.2) is 0 Å². The fourth-order valence-electron chi connectivity index (χ4n) is 3.69. The minimum atomic E-state index is -0.0906. The van der Waals surface area contributed by atoms with E-state index in [-0.39, 0.29) is 5.91 Å². The van der Waals surface area contributed by atoms with E-state index in [0.717, 1.165) is 52.9 Å². The van der Waals surface area contributed by atoms with Gasteiger partial charge in [0, 0.05) is 23.2 Å². The average molecular weight is 379 g/mol. The maximum atomic E-state index is 12.6. The van der Waals surface area contributed by atoms with E-state index in [0.29, 0.717) is 12.1 Å². The number of benzene rings is 2. The van der Waals surface area contributed by atoms with Crippen LogP contribution in [0.2, 0.25) is 5.02 Å². The lowest BCUT2D eigenvalue weighted by Crippen LogP contribution is -2.22. The van der Waals surface area contributed by atoms with Crippen LogP contribution in [0.25, 0.3) is 10.9 Å². The normalized spacial score (nSPS) is 13.4. The smallest absolute Gasteiger partial charge is 0.251 e. The van der Waals surface area contributed by atoms with E-state index in [9.17, 15) is 4.79 Å².